The number of halogens is 1. The number of hydrogen-bond donors (Lipinski definition) is 3. The van der Waals surface area contributed by atoms with Crippen LogP contribution in [-0.4, -0.2) is 37.7 Å². The third-order valence-electron chi connectivity index (χ3n) is 8.19. The molecule has 198 valence electrons. The van der Waals surface area contributed by atoms with Gasteiger partial charge in [-0.1, -0.05) is 6.92 Å². The van der Waals surface area contributed by atoms with Gasteiger partial charge in [-0.2, -0.15) is 0 Å². The first-order chi connectivity index (χ1) is 18.0. The Kier molecular flexibility index (Phi) is 5.48. The Balaban J connectivity index is 1.61. The maximum absolute atomic E-state index is 15.0. The summed E-state index contributed by atoms with van der Waals surface area (Å²) in [6.07, 6.45) is 0.224. The lowest BCUT2D eigenvalue weighted by molar-refractivity contribution is -0.172. The number of amides is 1. The lowest BCUT2D eigenvalue weighted by Gasteiger charge is -2.31. The van der Waals surface area contributed by atoms with Crippen molar-refractivity contribution in [2.24, 2.45) is 0 Å². The van der Waals surface area contributed by atoms with Gasteiger partial charge in [-0.25, -0.2) is 14.2 Å². The molecule has 0 radical (unpaired) electrons. The Morgan fingerprint density at radius 1 is 1.32 bits per heavy atom. The molecule has 2 aliphatic heterocycles. The van der Waals surface area contributed by atoms with Crippen LogP contribution < -0.4 is 10.9 Å². The van der Waals surface area contributed by atoms with Crippen molar-refractivity contribution in [3.05, 3.63) is 61.7 Å². The number of rotatable bonds is 4. The van der Waals surface area contributed by atoms with E-state index in [0.717, 1.165) is 22.1 Å². The molecule has 0 bridgehead atoms. The number of carbonyl (C=O) groups is 2. The number of cyclic esters (lactones) is 1. The Hall–Kier alpha value is -3.63. The summed E-state index contributed by atoms with van der Waals surface area (Å²) < 4.78 is 21.6. The van der Waals surface area contributed by atoms with Gasteiger partial charge in [0.2, 0.25) is 5.91 Å². The van der Waals surface area contributed by atoms with Crippen molar-refractivity contribution in [2.45, 2.75) is 77.4 Å². The van der Waals surface area contributed by atoms with Crippen molar-refractivity contribution in [2.75, 3.05) is 0 Å². The van der Waals surface area contributed by atoms with E-state index in [9.17, 15) is 29.0 Å². The van der Waals surface area contributed by atoms with Gasteiger partial charge >= 0.3 is 5.97 Å². The van der Waals surface area contributed by atoms with Gasteiger partial charge in [-0.05, 0) is 55.9 Å². The number of pyridine rings is 2. The van der Waals surface area contributed by atoms with Crippen LogP contribution >= 0.6 is 0 Å². The number of esters is 1. The summed E-state index contributed by atoms with van der Waals surface area (Å²) in [5, 5.41) is 24.7. The van der Waals surface area contributed by atoms with E-state index in [1.807, 2.05) is 0 Å². The van der Waals surface area contributed by atoms with Gasteiger partial charge in [0.1, 0.15) is 12.4 Å². The first-order valence-corrected chi connectivity index (χ1v) is 12.8. The van der Waals surface area contributed by atoms with Crippen LogP contribution in [0.15, 0.2) is 16.9 Å². The topological polar surface area (TPSA) is 131 Å². The number of nitrogens with zero attached hydrogens (tertiary/aromatic N) is 2. The molecule has 1 amide bonds. The van der Waals surface area contributed by atoms with Crippen molar-refractivity contribution in [3.8, 4) is 11.4 Å². The third kappa shape index (κ3) is 3.36. The van der Waals surface area contributed by atoms with E-state index in [0.29, 0.717) is 35.3 Å². The quantitative estimate of drug-likeness (QED) is 0.352. The highest BCUT2D eigenvalue weighted by molar-refractivity contribution is 5.94. The standard InChI is InChI=1S/C28H28FN3O6/c1-4-28(37)17-8-21-25-15(10-32(21)26(35)16(17)11-38-27(28)36)24-19(30-22(34)7-12(2)33)6-5-14-13(3)18(29)9-20(31-25)23(14)24/h8-9,12,19,33,37H,4-7,10-11H2,1-3H3,(H,30,34)/t12-,19?,28?/m0/s1. The molecular formula is C28H28FN3O6. The molecular weight excluding hydrogens is 493 g/mol. The van der Waals surface area contributed by atoms with Crippen LogP contribution in [0, 0.1) is 12.7 Å². The van der Waals surface area contributed by atoms with Gasteiger partial charge in [0, 0.05) is 22.6 Å². The van der Waals surface area contributed by atoms with Crippen LogP contribution in [-0.2, 0) is 39.5 Å². The predicted octanol–water partition coefficient (Wildman–Crippen LogP) is 2.40. The van der Waals surface area contributed by atoms with E-state index < -0.39 is 23.7 Å². The van der Waals surface area contributed by atoms with Crippen LogP contribution in [0.25, 0.3) is 22.3 Å². The molecule has 4 heterocycles. The van der Waals surface area contributed by atoms with Gasteiger partial charge in [0.25, 0.3) is 5.56 Å². The van der Waals surface area contributed by atoms with Crippen molar-refractivity contribution >= 4 is 22.8 Å². The number of fused-ring (bicyclic) bond motifs is 5. The second kappa shape index (κ2) is 8.44. The number of benzene rings is 1. The zero-order valence-corrected chi connectivity index (χ0v) is 21.4. The molecule has 1 aliphatic carbocycles. The van der Waals surface area contributed by atoms with E-state index in [4.69, 9.17) is 9.72 Å². The number of hydrogen-bond acceptors (Lipinski definition) is 7. The second-order valence-corrected chi connectivity index (χ2v) is 10.5. The zero-order chi connectivity index (χ0) is 27.1. The number of nitrogens with one attached hydrogen (secondary N) is 1. The minimum atomic E-state index is -1.95. The average molecular weight is 522 g/mol. The SMILES string of the molecule is CCC1(O)C(=O)OCc2c1cc1n(c2=O)Cc2c-1nc1cc(F)c(C)c3c1c2C(NC(=O)C[C@H](C)O)CC3. The lowest BCUT2D eigenvalue weighted by Crippen LogP contribution is -2.44. The maximum Gasteiger partial charge on any atom is 0.343 e. The van der Waals surface area contributed by atoms with Gasteiger partial charge in [-0.3, -0.25) is 9.59 Å². The van der Waals surface area contributed by atoms with Crippen molar-refractivity contribution in [1.82, 2.24) is 14.9 Å². The molecule has 3 N–H and O–H groups in total. The molecule has 3 atom stereocenters. The predicted molar refractivity (Wildman–Crippen MR) is 135 cm³/mol. The zero-order valence-electron chi connectivity index (χ0n) is 21.4. The van der Waals surface area contributed by atoms with Crippen molar-refractivity contribution < 1.29 is 28.9 Å². The van der Waals surface area contributed by atoms with Crippen molar-refractivity contribution in [3.63, 3.8) is 0 Å². The summed E-state index contributed by atoms with van der Waals surface area (Å²) in [5.74, 6) is -1.50. The maximum atomic E-state index is 15.0. The molecule has 2 unspecified atom stereocenters. The number of aliphatic hydroxyl groups is 2. The molecule has 38 heavy (non-hydrogen) atoms. The van der Waals surface area contributed by atoms with Crippen LogP contribution in [0.4, 0.5) is 4.39 Å². The Labute approximate surface area is 217 Å². The third-order valence-corrected chi connectivity index (χ3v) is 8.19. The first-order valence-electron chi connectivity index (χ1n) is 12.8. The largest absolute Gasteiger partial charge is 0.458 e. The van der Waals surface area contributed by atoms with E-state index in [2.05, 4.69) is 5.32 Å². The Bertz CT molecular complexity index is 1630. The molecule has 10 heteroatoms. The number of aryl methyl sites for hydroxylation is 1. The van der Waals surface area contributed by atoms with Crippen LogP contribution in [0.1, 0.15) is 72.5 Å². The summed E-state index contributed by atoms with van der Waals surface area (Å²) in [6, 6.07) is 2.57. The fraction of sp³-hybridized carbons (Fsp3) is 0.429. The second-order valence-electron chi connectivity index (χ2n) is 10.5. The summed E-state index contributed by atoms with van der Waals surface area (Å²) in [4.78, 5) is 43.6. The van der Waals surface area contributed by atoms with Crippen LogP contribution in [0.2, 0.25) is 0 Å². The van der Waals surface area contributed by atoms with Crippen LogP contribution in [0.5, 0.6) is 0 Å². The highest BCUT2D eigenvalue weighted by Gasteiger charge is 2.46. The average Bonchev–Trinajstić information content (AvgIpc) is 3.24. The molecule has 6 rings (SSSR count). The van der Waals surface area contributed by atoms with E-state index in [1.54, 1.807) is 26.8 Å². The van der Waals surface area contributed by atoms with Crippen molar-refractivity contribution in [1.29, 1.82) is 0 Å². The highest BCUT2D eigenvalue weighted by Crippen LogP contribution is 2.45. The minimum Gasteiger partial charge on any atom is -0.458 e. The molecule has 1 aromatic carbocycles. The molecule has 9 nitrogen and oxygen atoms in total. The molecule has 0 saturated heterocycles. The minimum absolute atomic E-state index is 0.0240. The summed E-state index contributed by atoms with van der Waals surface area (Å²) in [5.41, 5.74) is 2.24. The lowest BCUT2D eigenvalue weighted by atomic mass is 9.81. The summed E-state index contributed by atoms with van der Waals surface area (Å²) >= 11 is 0. The Morgan fingerprint density at radius 3 is 2.79 bits per heavy atom. The fourth-order valence-electron chi connectivity index (χ4n) is 6.22. The number of aromatic nitrogens is 2. The summed E-state index contributed by atoms with van der Waals surface area (Å²) in [6.45, 7) is 4.84. The smallest absolute Gasteiger partial charge is 0.343 e. The fourth-order valence-corrected chi connectivity index (χ4v) is 6.22. The number of aliphatic hydroxyl groups excluding tert-OH is 1. The molecule has 3 aliphatic rings. The molecule has 0 spiro atoms. The van der Waals surface area contributed by atoms with Gasteiger partial charge in [0.05, 0.1) is 47.6 Å². The normalized spacial score (nSPS) is 21.9. The number of carbonyl (C=O) groups excluding carboxylic acids is 2. The molecule has 0 fully saturated rings. The van der Waals surface area contributed by atoms with E-state index in [1.165, 1.54) is 10.6 Å². The number of ether oxygens (including phenoxy) is 1. The van der Waals surface area contributed by atoms with E-state index in [-0.39, 0.29) is 54.4 Å². The van der Waals surface area contributed by atoms with Crippen LogP contribution in [0.3, 0.4) is 0 Å². The molecule has 3 aromatic rings. The summed E-state index contributed by atoms with van der Waals surface area (Å²) in [7, 11) is 0. The molecule has 2 aromatic heterocycles. The molecule has 0 saturated carbocycles. The first kappa shape index (κ1) is 24.7. The Morgan fingerprint density at radius 2 is 2.08 bits per heavy atom. The monoisotopic (exact) mass is 521 g/mol. The van der Waals surface area contributed by atoms with Gasteiger partial charge in [-0.15, -0.1) is 0 Å². The van der Waals surface area contributed by atoms with E-state index >= 15 is 0 Å². The highest BCUT2D eigenvalue weighted by atomic mass is 19.1. The van der Waals surface area contributed by atoms with Gasteiger partial charge in [0.15, 0.2) is 5.60 Å². The van der Waals surface area contributed by atoms with Gasteiger partial charge < -0.3 is 24.8 Å².